The number of hydrogen-bond donors (Lipinski definition) is 1. The summed E-state index contributed by atoms with van der Waals surface area (Å²) in [5.74, 6) is 0. The number of nitrogens with two attached hydrogens (primary N) is 1. The highest BCUT2D eigenvalue weighted by atomic mass is 35.5. The predicted molar refractivity (Wildman–Crippen MR) is 58.0 cm³/mol. The van der Waals surface area contributed by atoms with Crippen molar-refractivity contribution >= 4 is 27.1 Å². The molecular weight excluding hydrogens is 222 g/mol. The zero-order valence-electron chi connectivity index (χ0n) is 7.62. The van der Waals surface area contributed by atoms with Crippen molar-refractivity contribution in [3.05, 3.63) is 34.7 Å². The van der Waals surface area contributed by atoms with Crippen LogP contribution in [-0.4, -0.2) is 8.42 Å². The van der Waals surface area contributed by atoms with E-state index in [0.717, 1.165) is 5.41 Å². The Morgan fingerprint density at radius 3 is 2.57 bits per heavy atom. The molecule has 0 aromatic heterocycles. The number of benzene rings is 1. The molecule has 76 valence electrons. The number of halogens is 1. The van der Waals surface area contributed by atoms with Crippen LogP contribution in [-0.2, 0) is 9.84 Å². The van der Waals surface area contributed by atoms with E-state index in [4.69, 9.17) is 17.3 Å². The van der Waals surface area contributed by atoms with E-state index in [1.807, 2.05) is 0 Å². The van der Waals surface area contributed by atoms with E-state index in [1.54, 1.807) is 13.0 Å². The van der Waals surface area contributed by atoms with Gasteiger partial charge in [-0.15, -0.1) is 0 Å². The van der Waals surface area contributed by atoms with Crippen molar-refractivity contribution in [2.24, 2.45) is 0 Å². The predicted octanol–water partition coefficient (Wildman–Crippen LogP) is 2.15. The summed E-state index contributed by atoms with van der Waals surface area (Å²) in [6.07, 6.45) is 0. The number of anilines is 1. The monoisotopic (exact) mass is 231 g/mol. The summed E-state index contributed by atoms with van der Waals surface area (Å²) < 4.78 is 23.1. The highest BCUT2D eigenvalue weighted by molar-refractivity contribution is 7.94. The van der Waals surface area contributed by atoms with Crippen LogP contribution in [0.4, 0.5) is 5.69 Å². The second kappa shape index (κ2) is 3.63. The van der Waals surface area contributed by atoms with Crippen molar-refractivity contribution in [1.82, 2.24) is 0 Å². The Bertz CT molecular complexity index is 480. The van der Waals surface area contributed by atoms with Crippen LogP contribution in [0.25, 0.3) is 0 Å². The number of sulfone groups is 1. The molecule has 0 aliphatic heterocycles. The van der Waals surface area contributed by atoms with Gasteiger partial charge in [-0.1, -0.05) is 18.2 Å². The van der Waals surface area contributed by atoms with Gasteiger partial charge in [0.15, 0.2) is 0 Å². The van der Waals surface area contributed by atoms with Crippen LogP contribution in [0.2, 0.25) is 5.02 Å². The van der Waals surface area contributed by atoms with Gasteiger partial charge in [-0.2, -0.15) is 0 Å². The Morgan fingerprint density at radius 1 is 1.50 bits per heavy atom. The molecule has 0 fully saturated rings. The Labute approximate surface area is 88.1 Å². The van der Waals surface area contributed by atoms with Gasteiger partial charge in [0.2, 0.25) is 9.84 Å². The van der Waals surface area contributed by atoms with Crippen molar-refractivity contribution in [2.45, 2.75) is 11.8 Å². The summed E-state index contributed by atoms with van der Waals surface area (Å²) >= 11 is 5.78. The molecule has 0 unspecified atom stereocenters. The third-order valence-electron chi connectivity index (χ3n) is 1.90. The zero-order chi connectivity index (χ0) is 10.9. The normalized spacial score (nSPS) is 11.3. The van der Waals surface area contributed by atoms with Crippen LogP contribution in [0.1, 0.15) is 5.56 Å². The lowest BCUT2D eigenvalue weighted by atomic mass is 10.2. The van der Waals surface area contributed by atoms with E-state index >= 15 is 0 Å². The Hall–Kier alpha value is -1.00. The molecule has 0 radical (unpaired) electrons. The standard InChI is InChI=1S/C9H10ClNO2S/c1-3-14(12,13)9-6(2)8(11)5-4-7(9)10/h3-5H,1,11H2,2H3. The zero-order valence-corrected chi connectivity index (χ0v) is 9.19. The van der Waals surface area contributed by atoms with Gasteiger partial charge in [0.05, 0.1) is 9.92 Å². The topological polar surface area (TPSA) is 60.2 Å². The molecule has 0 amide bonds. The van der Waals surface area contributed by atoms with Gasteiger partial charge in [-0.3, -0.25) is 0 Å². The number of hydrogen-bond acceptors (Lipinski definition) is 3. The quantitative estimate of drug-likeness (QED) is 0.794. The first-order valence-corrected chi connectivity index (χ1v) is 5.74. The molecule has 5 heteroatoms. The minimum Gasteiger partial charge on any atom is -0.398 e. The molecule has 0 aliphatic carbocycles. The second-order valence-corrected chi connectivity index (χ2v) is 5.04. The fraction of sp³-hybridized carbons (Fsp3) is 0.111. The number of nitrogen functional groups attached to an aromatic ring is 1. The Balaban J connectivity index is 3.65. The lowest BCUT2D eigenvalue weighted by molar-refractivity contribution is 0.604. The first kappa shape index (κ1) is 11.1. The molecule has 0 bridgehead atoms. The highest BCUT2D eigenvalue weighted by Gasteiger charge is 2.18. The molecule has 0 spiro atoms. The molecule has 1 aromatic carbocycles. The smallest absolute Gasteiger partial charge is 0.201 e. The Kier molecular flexibility index (Phi) is 2.87. The van der Waals surface area contributed by atoms with Crippen LogP contribution in [0.5, 0.6) is 0 Å². The van der Waals surface area contributed by atoms with Crippen molar-refractivity contribution in [1.29, 1.82) is 0 Å². The van der Waals surface area contributed by atoms with Gasteiger partial charge < -0.3 is 5.73 Å². The van der Waals surface area contributed by atoms with E-state index in [9.17, 15) is 8.42 Å². The van der Waals surface area contributed by atoms with Crippen LogP contribution in [0, 0.1) is 6.92 Å². The molecular formula is C9H10ClNO2S. The molecule has 0 aliphatic rings. The largest absolute Gasteiger partial charge is 0.398 e. The molecule has 0 heterocycles. The maximum atomic E-state index is 11.5. The van der Waals surface area contributed by atoms with Crippen LogP contribution in [0.3, 0.4) is 0 Å². The lowest BCUT2D eigenvalue weighted by Crippen LogP contribution is -2.02. The summed E-state index contributed by atoms with van der Waals surface area (Å²) in [4.78, 5) is 0.0363. The van der Waals surface area contributed by atoms with Crippen molar-refractivity contribution in [3.8, 4) is 0 Å². The summed E-state index contributed by atoms with van der Waals surface area (Å²) in [6, 6.07) is 3.03. The summed E-state index contributed by atoms with van der Waals surface area (Å²) in [6.45, 7) is 4.84. The van der Waals surface area contributed by atoms with Gasteiger partial charge >= 0.3 is 0 Å². The SMILES string of the molecule is C=CS(=O)(=O)c1c(Cl)ccc(N)c1C. The van der Waals surface area contributed by atoms with Crippen molar-refractivity contribution < 1.29 is 8.42 Å². The molecule has 3 nitrogen and oxygen atoms in total. The molecule has 1 rings (SSSR count). The minimum atomic E-state index is -3.53. The van der Waals surface area contributed by atoms with Crippen LogP contribution in [0.15, 0.2) is 29.0 Å². The maximum Gasteiger partial charge on any atom is 0.201 e. The first-order valence-electron chi connectivity index (χ1n) is 3.82. The van der Waals surface area contributed by atoms with E-state index in [0.29, 0.717) is 11.3 Å². The second-order valence-electron chi connectivity index (χ2n) is 2.80. The van der Waals surface area contributed by atoms with Gasteiger partial charge in [-0.25, -0.2) is 8.42 Å². The van der Waals surface area contributed by atoms with Gasteiger partial charge in [0.1, 0.15) is 0 Å². The molecule has 1 aromatic rings. The van der Waals surface area contributed by atoms with E-state index in [1.165, 1.54) is 6.07 Å². The molecule has 2 N–H and O–H groups in total. The van der Waals surface area contributed by atoms with E-state index < -0.39 is 9.84 Å². The molecule has 0 atom stereocenters. The van der Waals surface area contributed by atoms with Gasteiger partial charge in [-0.05, 0) is 24.6 Å². The van der Waals surface area contributed by atoms with Gasteiger partial charge in [0, 0.05) is 11.1 Å². The van der Waals surface area contributed by atoms with E-state index in [-0.39, 0.29) is 9.92 Å². The summed E-state index contributed by atoms with van der Waals surface area (Å²) in [7, 11) is -3.53. The van der Waals surface area contributed by atoms with Crippen LogP contribution < -0.4 is 5.73 Å². The van der Waals surface area contributed by atoms with E-state index in [2.05, 4.69) is 6.58 Å². The average molecular weight is 232 g/mol. The highest BCUT2D eigenvalue weighted by Crippen LogP contribution is 2.29. The van der Waals surface area contributed by atoms with Crippen LogP contribution >= 0.6 is 11.6 Å². The minimum absolute atomic E-state index is 0.0363. The molecule has 0 saturated heterocycles. The third kappa shape index (κ3) is 1.76. The fourth-order valence-corrected chi connectivity index (χ4v) is 2.68. The van der Waals surface area contributed by atoms with Gasteiger partial charge in [0.25, 0.3) is 0 Å². The molecule has 0 saturated carbocycles. The summed E-state index contributed by atoms with van der Waals surface area (Å²) in [5.41, 5.74) is 6.44. The third-order valence-corrected chi connectivity index (χ3v) is 3.86. The summed E-state index contributed by atoms with van der Waals surface area (Å²) in [5, 5.41) is 1.03. The maximum absolute atomic E-state index is 11.5. The fourth-order valence-electron chi connectivity index (χ4n) is 1.11. The van der Waals surface area contributed by atoms with Crippen molar-refractivity contribution in [2.75, 3.05) is 5.73 Å². The average Bonchev–Trinajstić information content (AvgIpc) is 2.12. The first-order chi connectivity index (χ1) is 6.40. The Morgan fingerprint density at radius 2 is 2.07 bits per heavy atom. The van der Waals surface area contributed by atoms with Crippen molar-refractivity contribution in [3.63, 3.8) is 0 Å². The number of rotatable bonds is 2. The molecule has 14 heavy (non-hydrogen) atoms. The lowest BCUT2D eigenvalue weighted by Gasteiger charge is -2.08.